The van der Waals surface area contributed by atoms with Gasteiger partial charge in [0, 0.05) is 19.8 Å². The Balaban J connectivity index is 2.38. The molecule has 6 nitrogen and oxygen atoms in total. The van der Waals surface area contributed by atoms with Gasteiger partial charge in [0.1, 0.15) is 0 Å². The second kappa shape index (κ2) is 5.66. The molecule has 0 bridgehead atoms. The summed E-state index contributed by atoms with van der Waals surface area (Å²) in [5, 5.41) is 11.3. The Morgan fingerprint density at radius 1 is 1.57 bits per heavy atom. The van der Waals surface area contributed by atoms with Crippen LogP contribution >= 0.6 is 0 Å². The summed E-state index contributed by atoms with van der Waals surface area (Å²) >= 11 is 0. The van der Waals surface area contributed by atoms with Crippen molar-refractivity contribution < 1.29 is 4.74 Å². The van der Waals surface area contributed by atoms with Gasteiger partial charge in [-0.2, -0.15) is 0 Å². The van der Waals surface area contributed by atoms with E-state index in [0.29, 0.717) is 0 Å². The number of aromatic nitrogens is 4. The van der Waals surface area contributed by atoms with Crippen molar-refractivity contribution in [3.63, 3.8) is 0 Å². The fourth-order valence-electron chi connectivity index (χ4n) is 1.16. The maximum atomic E-state index is 5.69. The number of aryl methyl sites for hydroxylation is 1. The highest BCUT2D eigenvalue weighted by Crippen LogP contribution is 2.03. The molecule has 0 aliphatic carbocycles. The fourth-order valence-corrected chi connectivity index (χ4v) is 1.16. The zero-order valence-corrected chi connectivity index (χ0v) is 8.68. The third-order valence-electron chi connectivity index (χ3n) is 1.83. The smallest absolute Gasteiger partial charge is 0.167 e. The summed E-state index contributed by atoms with van der Waals surface area (Å²) in [5.74, 6) is 0.724. The van der Waals surface area contributed by atoms with E-state index in [0.717, 1.165) is 32.0 Å². The molecule has 1 aromatic rings. The van der Waals surface area contributed by atoms with Crippen LogP contribution in [0.2, 0.25) is 0 Å². The van der Waals surface area contributed by atoms with E-state index < -0.39 is 0 Å². The van der Waals surface area contributed by atoms with E-state index >= 15 is 0 Å². The van der Waals surface area contributed by atoms with E-state index in [1.54, 1.807) is 4.68 Å². The van der Waals surface area contributed by atoms with Crippen molar-refractivity contribution in [2.75, 3.05) is 13.2 Å². The van der Waals surface area contributed by atoms with Crippen LogP contribution in [0.1, 0.15) is 32.1 Å². The standard InChI is InChI=1S/C8H17N5O/c1-3-14-6-4-5-13-8(7(2)9)10-11-12-13/h7H,3-6,9H2,1-2H3. The van der Waals surface area contributed by atoms with Crippen LogP contribution in [0.4, 0.5) is 0 Å². The minimum Gasteiger partial charge on any atom is -0.382 e. The first-order chi connectivity index (χ1) is 6.75. The van der Waals surface area contributed by atoms with Crippen molar-refractivity contribution in [3.8, 4) is 0 Å². The van der Waals surface area contributed by atoms with Gasteiger partial charge in [0.05, 0.1) is 6.04 Å². The summed E-state index contributed by atoms with van der Waals surface area (Å²) in [7, 11) is 0. The molecule has 1 aromatic heterocycles. The van der Waals surface area contributed by atoms with Crippen molar-refractivity contribution in [2.45, 2.75) is 32.9 Å². The first-order valence-electron chi connectivity index (χ1n) is 4.85. The van der Waals surface area contributed by atoms with Crippen LogP contribution in [0.5, 0.6) is 0 Å². The number of nitrogens with zero attached hydrogens (tertiary/aromatic N) is 4. The highest BCUT2D eigenvalue weighted by molar-refractivity contribution is 4.86. The lowest BCUT2D eigenvalue weighted by atomic mass is 10.3. The van der Waals surface area contributed by atoms with Crippen LogP contribution in [0.3, 0.4) is 0 Å². The van der Waals surface area contributed by atoms with Crippen LogP contribution in [0.25, 0.3) is 0 Å². The molecule has 0 aliphatic rings. The van der Waals surface area contributed by atoms with E-state index in [2.05, 4.69) is 15.5 Å². The first-order valence-corrected chi connectivity index (χ1v) is 4.85. The first kappa shape index (κ1) is 11.1. The second-order valence-electron chi connectivity index (χ2n) is 3.10. The molecule has 0 aromatic carbocycles. The van der Waals surface area contributed by atoms with Gasteiger partial charge in [-0.25, -0.2) is 4.68 Å². The Hall–Kier alpha value is -1.01. The van der Waals surface area contributed by atoms with Crippen molar-refractivity contribution in [1.82, 2.24) is 20.2 Å². The highest BCUT2D eigenvalue weighted by atomic mass is 16.5. The molecule has 0 amide bonds. The molecule has 1 atom stereocenters. The quantitative estimate of drug-likeness (QED) is 0.658. The van der Waals surface area contributed by atoms with E-state index in [1.165, 1.54) is 0 Å². The van der Waals surface area contributed by atoms with E-state index in [9.17, 15) is 0 Å². The van der Waals surface area contributed by atoms with Crippen LogP contribution in [-0.2, 0) is 11.3 Å². The summed E-state index contributed by atoms with van der Waals surface area (Å²) in [5.41, 5.74) is 5.69. The van der Waals surface area contributed by atoms with Gasteiger partial charge in [0.25, 0.3) is 0 Å². The lowest BCUT2D eigenvalue weighted by Crippen LogP contribution is -2.15. The molecule has 80 valence electrons. The third kappa shape index (κ3) is 3.04. The zero-order chi connectivity index (χ0) is 10.4. The Labute approximate surface area is 83.4 Å². The van der Waals surface area contributed by atoms with Crippen molar-refractivity contribution in [2.24, 2.45) is 5.73 Å². The number of rotatable bonds is 6. The molecule has 0 fully saturated rings. The van der Waals surface area contributed by atoms with E-state index in [1.807, 2.05) is 13.8 Å². The second-order valence-corrected chi connectivity index (χ2v) is 3.10. The molecule has 1 unspecified atom stereocenters. The maximum absolute atomic E-state index is 5.69. The number of nitrogens with two attached hydrogens (primary N) is 1. The van der Waals surface area contributed by atoms with Crippen molar-refractivity contribution in [3.05, 3.63) is 5.82 Å². The van der Waals surface area contributed by atoms with Crippen LogP contribution in [0, 0.1) is 0 Å². The van der Waals surface area contributed by atoms with Gasteiger partial charge >= 0.3 is 0 Å². The van der Waals surface area contributed by atoms with Crippen molar-refractivity contribution in [1.29, 1.82) is 0 Å². The topological polar surface area (TPSA) is 78.8 Å². The zero-order valence-electron chi connectivity index (χ0n) is 8.68. The summed E-state index contributed by atoms with van der Waals surface area (Å²) < 4.78 is 6.94. The summed E-state index contributed by atoms with van der Waals surface area (Å²) in [6.07, 6.45) is 0.901. The maximum Gasteiger partial charge on any atom is 0.167 e. The number of ether oxygens (including phenoxy) is 1. The Morgan fingerprint density at radius 2 is 2.36 bits per heavy atom. The number of tetrazole rings is 1. The summed E-state index contributed by atoms with van der Waals surface area (Å²) in [6.45, 7) is 6.07. The van der Waals surface area contributed by atoms with Gasteiger partial charge in [-0.15, -0.1) is 5.10 Å². The van der Waals surface area contributed by atoms with Gasteiger partial charge in [0.2, 0.25) is 0 Å². The molecule has 14 heavy (non-hydrogen) atoms. The lowest BCUT2D eigenvalue weighted by molar-refractivity contribution is 0.140. The Bertz CT molecular complexity index is 260. The van der Waals surface area contributed by atoms with Crippen LogP contribution in [-0.4, -0.2) is 33.4 Å². The Morgan fingerprint density at radius 3 is 3.00 bits per heavy atom. The highest BCUT2D eigenvalue weighted by Gasteiger charge is 2.09. The lowest BCUT2D eigenvalue weighted by Gasteiger charge is -2.06. The molecule has 0 spiro atoms. The molecule has 0 saturated heterocycles. The van der Waals surface area contributed by atoms with Crippen LogP contribution in [0.15, 0.2) is 0 Å². The van der Waals surface area contributed by atoms with Crippen LogP contribution < -0.4 is 5.73 Å². The largest absolute Gasteiger partial charge is 0.382 e. The number of hydrogen-bond donors (Lipinski definition) is 1. The molecule has 1 rings (SSSR count). The predicted molar refractivity (Wildman–Crippen MR) is 51.5 cm³/mol. The minimum absolute atomic E-state index is 0.128. The van der Waals surface area contributed by atoms with Gasteiger partial charge in [-0.05, 0) is 30.7 Å². The SMILES string of the molecule is CCOCCCn1nnnc1C(C)N. The normalized spacial score (nSPS) is 13.1. The Kier molecular flexibility index (Phi) is 4.48. The fraction of sp³-hybridized carbons (Fsp3) is 0.875. The summed E-state index contributed by atoms with van der Waals surface area (Å²) in [4.78, 5) is 0. The molecule has 2 N–H and O–H groups in total. The molecule has 6 heteroatoms. The molecular formula is C8H17N5O. The molecule has 0 radical (unpaired) electrons. The van der Waals surface area contributed by atoms with Crippen molar-refractivity contribution >= 4 is 0 Å². The van der Waals surface area contributed by atoms with E-state index in [4.69, 9.17) is 10.5 Å². The van der Waals surface area contributed by atoms with Gasteiger partial charge < -0.3 is 10.5 Å². The minimum atomic E-state index is -0.128. The molecule has 0 saturated carbocycles. The van der Waals surface area contributed by atoms with Gasteiger partial charge in [0.15, 0.2) is 5.82 Å². The predicted octanol–water partition coefficient (Wildman–Crippen LogP) is 0.119. The van der Waals surface area contributed by atoms with Gasteiger partial charge in [-0.3, -0.25) is 0 Å². The molecule has 0 aliphatic heterocycles. The monoisotopic (exact) mass is 199 g/mol. The third-order valence-corrected chi connectivity index (χ3v) is 1.83. The van der Waals surface area contributed by atoms with Gasteiger partial charge in [-0.1, -0.05) is 0 Å². The average molecular weight is 199 g/mol. The molecular weight excluding hydrogens is 182 g/mol. The summed E-state index contributed by atoms with van der Waals surface area (Å²) in [6, 6.07) is -0.128. The number of hydrogen-bond acceptors (Lipinski definition) is 5. The molecule has 1 heterocycles. The average Bonchev–Trinajstić information content (AvgIpc) is 2.60. The van der Waals surface area contributed by atoms with E-state index in [-0.39, 0.29) is 6.04 Å².